The molecule has 0 saturated heterocycles. The Kier molecular flexibility index (Phi) is 8.11. The third kappa shape index (κ3) is 5.66. The molecule has 0 aliphatic heterocycles. The highest BCUT2D eigenvalue weighted by Crippen LogP contribution is 2.43. The Morgan fingerprint density at radius 3 is 1.42 bits per heavy atom. The molecule has 0 radical (unpaired) electrons. The van der Waals surface area contributed by atoms with Crippen LogP contribution in [0.4, 0.5) is 0 Å². The van der Waals surface area contributed by atoms with Gasteiger partial charge in [-0.25, -0.2) is 19.9 Å². The molecule has 0 aliphatic carbocycles. The van der Waals surface area contributed by atoms with Gasteiger partial charge >= 0.3 is 0 Å². The van der Waals surface area contributed by atoms with Crippen LogP contribution in [-0.4, -0.2) is 29.1 Å². The van der Waals surface area contributed by atoms with Crippen molar-refractivity contribution in [2.24, 2.45) is 0 Å². The van der Waals surface area contributed by atoms with Crippen LogP contribution in [0.3, 0.4) is 0 Å². The third-order valence-electron chi connectivity index (χ3n) is 12.5. The highest BCUT2D eigenvalue weighted by atomic mass is 15.0. The average Bonchev–Trinajstić information content (AvgIpc) is 3.89. The van der Waals surface area contributed by atoms with Crippen molar-refractivity contribution in [1.82, 2.24) is 29.1 Å². The zero-order valence-corrected chi connectivity index (χ0v) is 34.5. The van der Waals surface area contributed by atoms with E-state index in [1.807, 2.05) is 18.2 Å². The Labute approximate surface area is 368 Å². The molecule has 0 atom stereocenters. The monoisotopic (exact) mass is 816 g/mol. The first-order valence-corrected chi connectivity index (χ1v) is 21.6. The minimum absolute atomic E-state index is 0.605. The molecule has 13 aromatic rings. The van der Waals surface area contributed by atoms with Crippen molar-refractivity contribution in [3.05, 3.63) is 218 Å². The minimum atomic E-state index is 0.605. The molecule has 4 heterocycles. The molecule has 6 heteroatoms. The SMILES string of the molecule is c1ccc(-c2nc(-c3ccc(-n4c5ccccc5c5ccccc54)cc3)nc(-c3ccc4c5c6c(ccc5n(-c5ccccc5)c4c3)c(-c3ccccc3)nc3ccccc36)n2)cc1. The van der Waals surface area contributed by atoms with Gasteiger partial charge in [-0.1, -0.05) is 152 Å². The first-order valence-electron chi connectivity index (χ1n) is 21.6. The maximum atomic E-state index is 5.26. The summed E-state index contributed by atoms with van der Waals surface area (Å²) in [4.78, 5) is 20.8. The van der Waals surface area contributed by atoms with Crippen molar-refractivity contribution >= 4 is 65.3 Å². The largest absolute Gasteiger partial charge is 0.309 e. The number of nitrogens with zero attached hydrogens (tertiary/aromatic N) is 6. The van der Waals surface area contributed by atoms with E-state index in [1.54, 1.807) is 0 Å². The Morgan fingerprint density at radius 2 is 0.750 bits per heavy atom. The lowest BCUT2D eigenvalue weighted by Crippen LogP contribution is -2.01. The standard InChI is InChI=1S/C58H36N6/c1-4-16-37(17-5-1)55-47-34-35-51-54(53(47)45-24-10-13-25-48(45)59-55)46-33-30-40(36-52(46)64(51)41-20-8-3-9-21-41)58-61-56(38-18-6-2-7-19-38)60-57(62-58)39-28-31-42(32-29-39)63-49-26-14-11-22-43(49)44-23-12-15-27-50(44)63/h1-36H. The van der Waals surface area contributed by atoms with Crippen molar-refractivity contribution in [2.45, 2.75) is 0 Å². The predicted molar refractivity (Wildman–Crippen MR) is 263 cm³/mol. The maximum Gasteiger partial charge on any atom is 0.164 e. The molecule has 0 spiro atoms. The molecular weight excluding hydrogens is 781 g/mol. The topological polar surface area (TPSA) is 61.4 Å². The van der Waals surface area contributed by atoms with E-state index < -0.39 is 0 Å². The van der Waals surface area contributed by atoms with Gasteiger partial charge in [0.25, 0.3) is 0 Å². The van der Waals surface area contributed by atoms with Crippen LogP contribution in [0.15, 0.2) is 218 Å². The lowest BCUT2D eigenvalue weighted by molar-refractivity contribution is 1.07. The molecular formula is C58H36N6. The number of rotatable bonds is 6. The lowest BCUT2D eigenvalue weighted by Gasteiger charge is -2.12. The molecule has 0 aliphatic rings. The first-order chi connectivity index (χ1) is 31.7. The second kappa shape index (κ2) is 14.4. The fourth-order valence-corrected chi connectivity index (χ4v) is 9.67. The number of hydrogen-bond acceptors (Lipinski definition) is 4. The van der Waals surface area contributed by atoms with Gasteiger partial charge in [-0.05, 0) is 66.7 Å². The van der Waals surface area contributed by atoms with Crippen molar-refractivity contribution in [3.8, 4) is 56.8 Å². The highest BCUT2D eigenvalue weighted by molar-refractivity contribution is 6.29. The molecule has 9 aromatic carbocycles. The van der Waals surface area contributed by atoms with Crippen LogP contribution in [0.1, 0.15) is 0 Å². The van der Waals surface area contributed by atoms with Gasteiger partial charge in [0.15, 0.2) is 17.5 Å². The van der Waals surface area contributed by atoms with Crippen LogP contribution in [-0.2, 0) is 0 Å². The lowest BCUT2D eigenvalue weighted by atomic mass is 9.96. The summed E-state index contributed by atoms with van der Waals surface area (Å²) in [7, 11) is 0. The van der Waals surface area contributed by atoms with E-state index in [9.17, 15) is 0 Å². The van der Waals surface area contributed by atoms with Crippen molar-refractivity contribution in [2.75, 3.05) is 0 Å². The fourth-order valence-electron chi connectivity index (χ4n) is 9.67. The van der Waals surface area contributed by atoms with Crippen LogP contribution < -0.4 is 0 Å². The maximum absolute atomic E-state index is 5.26. The molecule has 4 aromatic heterocycles. The molecule has 0 fully saturated rings. The second-order valence-electron chi connectivity index (χ2n) is 16.2. The number of aromatic nitrogens is 6. The van der Waals surface area contributed by atoms with Crippen molar-refractivity contribution in [3.63, 3.8) is 0 Å². The second-order valence-corrected chi connectivity index (χ2v) is 16.2. The first kappa shape index (κ1) is 36.0. The Balaban J connectivity index is 1.02. The van der Waals surface area contributed by atoms with Crippen LogP contribution in [0.5, 0.6) is 0 Å². The fraction of sp³-hybridized carbons (Fsp3) is 0. The third-order valence-corrected chi connectivity index (χ3v) is 12.5. The van der Waals surface area contributed by atoms with Gasteiger partial charge in [0.2, 0.25) is 0 Å². The summed E-state index contributed by atoms with van der Waals surface area (Å²) in [5.74, 6) is 1.84. The van der Waals surface area contributed by atoms with Gasteiger partial charge < -0.3 is 9.13 Å². The van der Waals surface area contributed by atoms with Gasteiger partial charge in [0.1, 0.15) is 0 Å². The van der Waals surface area contributed by atoms with Crippen molar-refractivity contribution in [1.29, 1.82) is 0 Å². The van der Waals surface area contributed by atoms with E-state index in [1.165, 1.54) is 32.6 Å². The van der Waals surface area contributed by atoms with Crippen LogP contribution >= 0.6 is 0 Å². The number of fused-ring (bicyclic) bond motifs is 10. The number of hydrogen-bond donors (Lipinski definition) is 0. The summed E-state index contributed by atoms with van der Waals surface area (Å²) >= 11 is 0. The van der Waals surface area contributed by atoms with E-state index in [0.717, 1.165) is 72.0 Å². The number of benzene rings is 9. The Morgan fingerprint density at radius 1 is 0.266 bits per heavy atom. The van der Waals surface area contributed by atoms with E-state index in [0.29, 0.717) is 17.5 Å². The molecule has 64 heavy (non-hydrogen) atoms. The van der Waals surface area contributed by atoms with Crippen LogP contribution in [0, 0.1) is 0 Å². The molecule has 0 bridgehead atoms. The summed E-state index contributed by atoms with van der Waals surface area (Å²) in [6, 6.07) is 76.7. The van der Waals surface area contributed by atoms with Gasteiger partial charge in [-0.2, -0.15) is 0 Å². The Hall–Kier alpha value is -8.74. The van der Waals surface area contributed by atoms with E-state index in [2.05, 4.69) is 209 Å². The average molecular weight is 817 g/mol. The smallest absolute Gasteiger partial charge is 0.164 e. The molecule has 13 rings (SSSR count). The molecule has 0 saturated carbocycles. The molecule has 0 unspecified atom stereocenters. The molecule has 6 nitrogen and oxygen atoms in total. The quantitative estimate of drug-likeness (QED) is 0.157. The zero-order valence-electron chi connectivity index (χ0n) is 34.5. The van der Waals surface area contributed by atoms with Crippen LogP contribution in [0.2, 0.25) is 0 Å². The zero-order chi connectivity index (χ0) is 42.1. The van der Waals surface area contributed by atoms with Gasteiger partial charge in [0.05, 0.1) is 33.3 Å². The molecule has 0 amide bonds. The molecule has 298 valence electrons. The number of para-hydroxylation sites is 4. The van der Waals surface area contributed by atoms with E-state index >= 15 is 0 Å². The van der Waals surface area contributed by atoms with E-state index in [-0.39, 0.29) is 0 Å². The normalized spacial score (nSPS) is 11.8. The predicted octanol–water partition coefficient (Wildman–Crippen LogP) is 14.4. The summed E-state index contributed by atoms with van der Waals surface area (Å²) < 4.78 is 4.70. The minimum Gasteiger partial charge on any atom is -0.309 e. The number of pyridine rings is 1. The van der Waals surface area contributed by atoms with Gasteiger partial charge in [-0.15, -0.1) is 0 Å². The summed E-state index contributed by atoms with van der Waals surface area (Å²) in [5, 5.41) is 8.22. The van der Waals surface area contributed by atoms with E-state index in [4.69, 9.17) is 19.9 Å². The van der Waals surface area contributed by atoms with Gasteiger partial charge in [-0.3, -0.25) is 0 Å². The summed E-state index contributed by atoms with van der Waals surface area (Å²) in [5.41, 5.74) is 12.4. The summed E-state index contributed by atoms with van der Waals surface area (Å²) in [6.45, 7) is 0. The van der Waals surface area contributed by atoms with Gasteiger partial charge in [0, 0.05) is 71.3 Å². The highest BCUT2D eigenvalue weighted by Gasteiger charge is 2.21. The summed E-state index contributed by atoms with van der Waals surface area (Å²) in [6.07, 6.45) is 0. The van der Waals surface area contributed by atoms with Crippen LogP contribution in [0.25, 0.3) is 122 Å². The Bertz CT molecular complexity index is 3880. The molecule has 0 N–H and O–H groups in total. The van der Waals surface area contributed by atoms with Crippen molar-refractivity contribution < 1.29 is 0 Å².